The third kappa shape index (κ3) is 4.19. The van der Waals surface area contributed by atoms with Gasteiger partial charge in [0.1, 0.15) is 5.56 Å². The first kappa shape index (κ1) is 19.7. The van der Waals surface area contributed by atoms with Crippen LogP contribution in [0, 0.1) is 29.6 Å². The molecule has 1 aromatic heterocycles. The fraction of sp³-hybridized carbons (Fsp3) is 0.739. The van der Waals surface area contributed by atoms with Gasteiger partial charge in [0.05, 0.1) is 0 Å². The van der Waals surface area contributed by atoms with Gasteiger partial charge in [-0.2, -0.15) is 0 Å². The van der Waals surface area contributed by atoms with Gasteiger partial charge in [-0.1, -0.05) is 13.3 Å². The highest BCUT2D eigenvalue weighted by Crippen LogP contribution is 2.56. The Balaban J connectivity index is 1.33. The highest BCUT2D eigenvalue weighted by Gasteiger charge is 2.47. The quantitative estimate of drug-likeness (QED) is 0.721. The normalized spacial score (nSPS) is 30.8. The lowest BCUT2D eigenvalue weighted by Crippen LogP contribution is -2.49. The van der Waals surface area contributed by atoms with Gasteiger partial charge in [-0.25, -0.2) is 0 Å². The van der Waals surface area contributed by atoms with Crippen molar-refractivity contribution in [2.24, 2.45) is 29.6 Å². The molecule has 5 rings (SSSR count). The van der Waals surface area contributed by atoms with Gasteiger partial charge in [-0.15, -0.1) is 0 Å². The maximum atomic E-state index is 12.6. The van der Waals surface area contributed by atoms with Gasteiger partial charge in [-0.3, -0.25) is 9.59 Å². The summed E-state index contributed by atoms with van der Waals surface area (Å²) in [5.74, 6) is 3.86. The predicted octanol–water partition coefficient (Wildman–Crippen LogP) is 3.41. The van der Waals surface area contributed by atoms with Crippen molar-refractivity contribution in [2.45, 2.75) is 58.4 Å². The minimum atomic E-state index is -0.274. The van der Waals surface area contributed by atoms with Crippen LogP contribution < -0.4 is 10.9 Å². The summed E-state index contributed by atoms with van der Waals surface area (Å²) in [6.07, 6.45) is 9.17. The molecule has 1 heterocycles. The SMILES string of the molecule is CCCCN(C)Cc1ccc(C(=O)NCC2C3CC4CC(C3)CC2C4)c(=O)[nH]1. The number of aromatic amines is 1. The summed E-state index contributed by atoms with van der Waals surface area (Å²) < 4.78 is 0. The first-order valence-electron chi connectivity index (χ1n) is 11.2. The minimum Gasteiger partial charge on any atom is -0.352 e. The number of hydrogen-bond acceptors (Lipinski definition) is 3. The van der Waals surface area contributed by atoms with Crippen molar-refractivity contribution in [1.29, 1.82) is 0 Å². The van der Waals surface area contributed by atoms with Gasteiger partial charge in [0, 0.05) is 18.8 Å². The molecule has 5 heteroatoms. The van der Waals surface area contributed by atoms with Gasteiger partial charge in [0.25, 0.3) is 11.5 Å². The van der Waals surface area contributed by atoms with E-state index in [1.54, 1.807) is 6.07 Å². The van der Waals surface area contributed by atoms with Crippen LogP contribution in [-0.2, 0) is 6.54 Å². The summed E-state index contributed by atoms with van der Waals surface area (Å²) in [4.78, 5) is 30.2. The van der Waals surface area contributed by atoms with Crippen molar-refractivity contribution in [3.05, 3.63) is 33.7 Å². The summed E-state index contributed by atoms with van der Waals surface area (Å²) >= 11 is 0. The average molecular weight is 386 g/mol. The maximum Gasteiger partial charge on any atom is 0.261 e. The van der Waals surface area contributed by atoms with Gasteiger partial charge in [0.2, 0.25) is 0 Å². The van der Waals surface area contributed by atoms with E-state index in [-0.39, 0.29) is 17.0 Å². The van der Waals surface area contributed by atoms with Crippen LogP contribution in [0.5, 0.6) is 0 Å². The van der Waals surface area contributed by atoms with Crippen LogP contribution in [0.4, 0.5) is 0 Å². The third-order valence-corrected chi connectivity index (χ3v) is 7.47. The van der Waals surface area contributed by atoms with E-state index in [2.05, 4.69) is 29.2 Å². The van der Waals surface area contributed by atoms with Gasteiger partial charge in [-0.05, 0) is 93.8 Å². The Hall–Kier alpha value is -1.62. The van der Waals surface area contributed by atoms with Crippen LogP contribution in [0.2, 0.25) is 0 Å². The smallest absolute Gasteiger partial charge is 0.261 e. The molecule has 0 atom stereocenters. The molecule has 5 nitrogen and oxygen atoms in total. The van der Waals surface area contributed by atoms with E-state index in [1.807, 2.05) is 6.07 Å². The molecule has 4 fully saturated rings. The molecular formula is C23H35N3O2. The first-order chi connectivity index (χ1) is 13.5. The van der Waals surface area contributed by atoms with Crippen LogP contribution in [0.25, 0.3) is 0 Å². The number of hydrogen-bond donors (Lipinski definition) is 2. The lowest BCUT2D eigenvalue weighted by molar-refractivity contribution is -0.0347. The number of carbonyl (C=O) groups excluding carboxylic acids is 1. The number of carbonyl (C=O) groups is 1. The number of nitrogens with zero attached hydrogens (tertiary/aromatic N) is 1. The zero-order chi connectivity index (χ0) is 19.7. The zero-order valence-corrected chi connectivity index (χ0v) is 17.4. The van der Waals surface area contributed by atoms with Crippen molar-refractivity contribution in [1.82, 2.24) is 15.2 Å². The highest BCUT2D eigenvalue weighted by atomic mass is 16.2. The number of amides is 1. The molecular weight excluding hydrogens is 350 g/mol. The number of unbranched alkanes of at least 4 members (excludes halogenated alkanes) is 1. The lowest BCUT2D eigenvalue weighted by Gasteiger charge is -2.54. The van der Waals surface area contributed by atoms with Crippen molar-refractivity contribution >= 4 is 5.91 Å². The second kappa shape index (κ2) is 8.40. The molecule has 2 N–H and O–H groups in total. The minimum absolute atomic E-state index is 0.221. The van der Waals surface area contributed by atoms with Crippen molar-refractivity contribution in [3.8, 4) is 0 Å². The largest absolute Gasteiger partial charge is 0.352 e. The van der Waals surface area contributed by atoms with E-state index in [1.165, 1.54) is 32.1 Å². The molecule has 0 spiro atoms. The Bertz CT molecular complexity index is 728. The molecule has 0 aliphatic heterocycles. The molecule has 1 aromatic rings. The molecule has 4 bridgehead atoms. The van der Waals surface area contributed by atoms with E-state index >= 15 is 0 Å². The molecule has 4 saturated carbocycles. The monoisotopic (exact) mass is 385 g/mol. The lowest BCUT2D eigenvalue weighted by atomic mass is 9.52. The first-order valence-corrected chi connectivity index (χ1v) is 11.2. The Kier molecular flexibility index (Phi) is 5.91. The average Bonchev–Trinajstić information content (AvgIpc) is 2.65. The third-order valence-electron chi connectivity index (χ3n) is 7.47. The Labute approximate surface area is 168 Å². The summed E-state index contributed by atoms with van der Waals surface area (Å²) in [6.45, 7) is 4.61. The van der Waals surface area contributed by atoms with E-state index in [9.17, 15) is 9.59 Å². The fourth-order valence-corrected chi connectivity index (χ4v) is 6.26. The number of pyridine rings is 1. The summed E-state index contributed by atoms with van der Waals surface area (Å²) in [5, 5.41) is 3.09. The highest BCUT2D eigenvalue weighted by molar-refractivity contribution is 5.93. The molecule has 154 valence electrons. The number of nitrogens with one attached hydrogen (secondary N) is 2. The van der Waals surface area contributed by atoms with Crippen LogP contribution in [0.15, 0.2) is 16.9 Å². The molecule has 28 heavy (non-hydrogen) atoms. The maximum absolute atomic E-state index is 12.6. The molecule has 0 radical (unpaired) electrons. The van der Waals surface area contributed by atoms with Crippen molar-refractivity contribution in [2.75, 3.05) is 20.1 Å². The van der Waals surface area contributed by atoms with E-state index in [0.29, 0.717) is 12.5 Å². The van der Waals surface area contributed by atoms with Crippen LogP contribution in [0.3, 0.4) is 0 Å². The number of rotatable bonds is 8. The zero-order valence-electron chi connectivity index (χ0n) is 17.4. The molecule has 1 amide bonds. The second-order valence-electron chi connectivity index (χ2n) is 9.62. The summed E-state index contributed by atoms with van der Waals surface area (Å²) in [7, 11) is 2.06. The number of H-pyrrole nitrogens is 1. The Morgan fingerprint density at radius 2 is 1.82 bits per heavy atom. The molecule has 4 aliphatic rings. The van der Waals surface area contributed by atoms with Gasteiger partial charge < -0.3 is 15.2 Å². The summed E-state index contributed by atoms with van der Waals surface area (Å²) in [6, 6.07) is 3.57. The van der Waals surface area contributed by atoms with Crippen LogP contribution in [0.1, 0.15) is 67.9 Å². The van der Waals surface area contributed by atoms with Gasteiger partial charge in [0.15, 0.2) is 0 Å². The van der Waals surface area contributed by atoms with Crippen LogP contribution >= 0.6 is 0 Å². The van der Waals surface area contributed by atoms with E-state index in [0.717, 1.165) is 55.3 Å². The molecule has 0 aromatic carbocycles. The van der Waals surface area contributed by atoms with E-state index in [4.69, 9.17) is 0 Å². The Morgan fingerprint density at radius 3 is 2.43 bits per heavy atom. The molecule has 0 unspecified atom stereocenters. The van der Waals surface area contributed by atoms with Crippen LogP contribution in [-0.4, -0.2) is 35.9 Å². The standard InChI is InChI=1S/C23H35N3O2/c1-3-4-7-26(2)14-19-5-6-20(23(28)25-19)22(27)24-13-21-17-9-15-8-16(11-17)12-18(21)10-15/h5-6,15-18,21H,3-4,7-14H2,1-2H3,(H,24,27)(H,25,28). The topological polar surface area (TPSA) is 65.2 Å². The van der Waals surface area contributed by atoms with Crippen molar-refractivity contribution < 1.29 is 4.79 Å². The van der Waals surface area contributed by atoms with Crippen molar-refractivity contribution in [3.63, 3.8) is 0 Å². The van der Waals surface area contributed by atoms with Gasteiger partial charge >= 0.3 is 0 Å². The fourth-order valence-electron chi connectivity index (χ4n) is 6.26. The Morgan fingerprint density at radius 1 is 1.14 bits per heavy atom. The number of aromatic nitrogens is 1. The molecule has 4 aliphatic carbocycles. The molecule has 0 saturated heterocycles. The predicted molar refractivity (Wildman–Crippen MR) is 111 cm³/mol. The summed E-state index contributed by atoms with van der Waals surface area (Å²) in [5.41, 5.74) is 0.828. The van der Waals surface area contributed by atoms with E-state index < -0.39 is 0 Å². The second-order valence-corrected chi connectivity index (χ2v) is 9.62.